The second-order valence-electron chi connectivity index (χ2n) is 6.10. The quantitative estimate of drug-likeness (QED) is 0.765. The smallest absolute Gasteiger partial charge is 0.253 e. The molecule has 3 N–H and O–H groups in total. The van der Waals surface area contributed by atoms with Gasteiger partial charge >= 0.3 is 0 Å². The molecule has 2 heterocycles. The molecule has 1 fully saturated rings. The topological polar surface area (TPSA) is 95.6 Å². The van der Waals surface area contributed by atoms with Crippen molar-refractivity contribution in [2.75, 3.05) is 49.2 Å². The van der Waals surface area contributed by atoms with Crippen molar-refractivity contribution in [3.63, 3.8) is 0 Å². The zero-order valence-corrected chi connectivity index (χ0v) is 15.6. The molecule has 0 atom stereocenters. The fraction of sp³-hybridized carbons (Fsp3) is 0.389. The molecule has 1 aliphatic heterocycles. The van der Waals surface area contributed by atoms with Crippen molar-refractivity contribution in [3.05, 3.63) is 41.6 Å². The Kier molecular flexibility index (Phi) is 5.95. The molecule has 0 aliphatic carbocycles. The van der Waals surface area contributed by atoms with Gasteiger partial charge in [-0.3, -0.25) is 4.79 Å². The van der Waals surface area contributed by atoms with Crippen LogP contribution in [0.15, 0.2) is 35.2 Å². The average molecular weight is 373 g/mol. The summed E-state index contributed by atoms with van der Waals surface area (Å²) >= 11 is 1.57. The molecule has 0 bridgehead atoms. The van der Waals surface area contributed by atoms with Crippen LogP contribution in [0.2, 0.25) is 0 Å². The fourth-order valence-corrected chi connectivity index (χ4v) is 3.57. The maximum absolute atomic E-state index is 12.7. The van der Waals surface area contributed by atoms with Gasteiger partial charge in [0.2, 0.25) is 5.95 Å². The molecule has 138 valence electrons. The highest BCUT2D eigenvalue weighted by Gasteiger charge is 2.23. The van der Waals surface area contributed by atoms with Crippen molar-refractivity contribution in [2.45, 2.75) is 11.8 Å². The Balaban J connectivity index is 1.59. The van der Waals surface area contributed by atoms with E-state index in [-0.39, 0.29) is 18.5 Å². The van der Waals surface area contributed by atoms with E-state index in [2.05, 4.69) is 14.9 Å². The molecular weight excluding hydrogens is 350 g/mol. The van der Waals surface area contributed by atoms with Gasteiger partial charge in [-0.15, -0.1) is 11.8 Å². The van der Waals surface area contributed by atoms with Crippen LogP contribution in [0, 0.1) is 6.92 Å². The number of aryl methyl sites for hydroxylation is 1. The Morgan fingerprint density at radius 1 is 1.19 bits per heavy atom. The maximum Gasteiger partial charge on any atom is 0.253 e. The number of amides is 1. The molecule has 1 aliphatic rings. The van der Waals surface area contributed by atoms with E-state index in [0.29, 0.717) is 37.5 Å². The molecule has 26 heavy (non-hydrogen) atoms. The average Bonchev–Trinajstić information content (AvgIpc) is 2.65. The van der Waals surface area contributed by atoms with Crippen molar-refractivity contribution >= 4 is 29.4 Å². The summed E-state index contributed by atoms with van der Waals surface area (Å²) in [5, 5.41) is 8.87. The van der Waals surface area contributed by atoms with Crippen LogP contribution in [0.4, 0.5) is 11.8 Å². The number of anilines is 2. The van der Waals surface area contributed by atoms with Gasteiger partial charge in [-0.05, 0) is 31.2 Å². The molecule has 8 heteroatoms. The number of nitrogen functional groups attached to an aromatic ring is 1. The first-order chi connectivity index (χ1) is 12.6. The molecule has 1 aromatic carbocycles. The maximum atomic E-state index is 12.7. The van der Waals surface area contributed by atoms with Crippen LogP contribution >= 0.6 is 11.8 Å². The number of aromatic nitrogens is 2. The van der Waals surface area contributed by atoms with Crippen LogP contribution in [0.1, 0.15) is 16.1 Å². The highest BCUT2D eigenvalue weighted by molar-refractivity contribution is 7.99. The van der Waals surface area contributed by atoms with E-state index >= 15 is 0 Å². The van der Waals surface area contributed by atoms with Gasteiger partial charge in [-0.2, -0.15) is 4.98 Å². The summed E-state index contributed by atoms with van der Waals surface area (Å²) in [6.07, 6.45) is 0. The number of hydrogen-bond acceptors (Lipinski definition) is 7. The molecule has 0 unspecified atom stereocenters. The number of piperazine rings is 1. The Hall–Kier alpha value is -2.32. The summed E-state index contributed by atoms with van der Waals surface area (Å²) < 4.78 is 0. The number of nitrogens with two attached hydrogens (primary N) is 1. The van der Waals surface area contributed by atoms with Gasteiger partial charge in [-0.25, -0.2) is 4.98 Å². The van der Waals surface area contributed by atoms with Gasteiger partial charge < -0.3 is 20.6 Å². The molecule has 1 amide bonds. The van der Waals surface area contributed by atoms with Gasteiger partial charge in [0, 0.05) is 54.2 Å². The monoisotopic (exact) mass is 373 g/mol. The van der Waals surface area contributed by atoms with Crippen molar-refractivity contribution in [2.24, 2.45) is 0 Å². The minimum absolute atomic E-state index is 0.0433. The summed E-state index contributed by atoms with van der Waals surface area (Å²) in [6.45, 7) is 4.75. The van der Waals surface area contributed by atoms with E-state index in [1.807, 2.05) is 42.2 Å². The third-order valence-corrected chi connectivity index (χ3v) is 5.20. The van der Waals surface area contributed by atoms with E-state index in [1.54, 1.807) is 11.8 Å². The lowest BCUT2D eigenvalue weighted by molar-refractivity contribution is 0.0746. The Bertz CT molecular complexity index is 740. The number of benzene rings is 1. The normalized spacial score (nSPS) is 14.5. The third kappa shape index (κ3) is 4.44. The zero-order chi connectivity index (χ0) is 18.5. The van der Waals surface area contributed by atoms with Crippen LogP contribution in [0.3, 0.4) is 0 Å². The molecule has 3 rings (SSSR count). The Labute approximate surface area is 157 Å². The SMILES string of the molecule is Cc1cc(N2CCN(C(=O)c3ccc(SCCO)cc3)CC2)nc(N)n1. The first kappa shape index (κ1) is 18.5. The lowest BCUT2D eigenvalue weighted by atomic mass is 10.2. The minimum Gasteiger partial charge on any atom is -0.396 e. The van der Waals surface area contributed by atoms with Gasteiger partial charge in [-0.1, -0.05) is 0 Å². The van der Waals surface area contributed by atoms with Crippen LogP contribution in [-0.2, 0) is 0 Å². The predicted molar refractivity (Wildman–Crippen MR) is 104 cm³/mol. The molecule has 0 spiro atoms. The largest absolute Gasteiger partial charge is 0.396 e. The van der Waals surface area contributed by atoms with Gasteiger partial charge in [0.1, 0.15) is 5.82 Å². The number of hydrogen-bond donors (Lipinski definition) is 2. The number of nitrogens with zero attached hydrogens (tertiary/aromatic N) is 4. The molecular formula is C18H23N5O2S. The summed E-state index contributed by atoms with van der Waals surface area (Å²) in [6, 6.07) is 9.47. The van der Waals surface area contributed by atoms with Crippen LogP contribution < -0.4 is 10.6 Å². The standard InChI is InChI=1S/C18H23N5O2S/c1-13-12-16(21-18(19)20-13)22-6-8-23(9-7-22)17(25)14-2-4-15(5-3-14)26-11-10-24/h2-5,12,24H,6-11H2,1H3,(H2,19,20,21). The number of aliphatic hydroxyl groups is 1. The second-order valence-corrected chi connectivity index (χ2v) is 7.27. The minimum atomic E-state index is 0.0433. The van der Waals surface area contributed by atoms with Gasteiger partial charge in [0.15, 0.2) is 0 Å². The van der Waals surface area contributed by atoms with Crippen molar-refractivity contribution in [1.82, 2.24) is 14.9 Å². The van der Waals surface area contributed by atoms with E-state index in [1.165, 1.54) is 0 Å². The van der Waals surface area contributed by atoms with Gasteiger partial charge in [0.05, 0.1) is 6.61 Å². The zero-order valence-electron chi connectivity index (χ0n) is 14.8. The van der Waals surface area contributed by atoms with E-state index in [9.17, 15) is 4.79 Å². The summed E-state index contributed by atoms with van der Waals surface area (Å²) in [4.78, 5) is 26.1. The Morgan fingerprint density at radius 3 is 2.50 bits per heavy atom. The van der Waals surface area contributed by atoms with Crippen molar-refractivity contribution < 1.29 is 9.90 Å². The molecule has 0 radical (unpaired) electrons. The van der Waals surface area contributed by atoms with Crippen molar-refractivity contribution in [1.29, 1.82) is 0 Å². The van der Waals surface area contributed by atoms with Crippen LogP contribution in [-0.4, -0.2) is 64.4 Å². The first-order valence-corrected chi connectivity index (χ1v) is 9.54. The van der Waals surface area contributed by atoms with E-state index in [4.69, 9.17) is 10.8 Å². The van der Waals surface area contributed by atoms with Crippen molar-refractivity contribution in [3.8, 4) is 0 Å². The number of rotatable bonds is 5. The lowest BCUT2D eigenvalue weighted by Crippen LogP contribution is -2.49. The lowest BCUT2D eigenvalue weighted by Gasteiger charge is -2.35. The van der Waals surface area contributed by atoms with Crippen LogP contribution in [0.5, 0.6) is 0 Å². The number of aliphatic hydroxyl groups excluding tert-OH is 1. The molecule has 2 aromatic rings. The highest BCUT2D eigenvalue weighted by Crippen LogP contribution is 2.20. The van der Waals surface area contributed by atoms with Gasteiger partial charge in [0.25, 0.3) is 5.91 Å². The van der Waals surface area contributed by atoms with E-state index < -0.39 is 0 Å². The predicted octanol–water partition coefficient (Wildman–Crippen LogP) is 1.41. The number of carbonyl (C=O) groups excluding carboxylic acids is 1. The summed E-state index contributed by atoms with van der Waals surface area (Å²) in [7, 11) is 0. The Morgan fingerprint density at radius 2 is 1.88 bits per heavy atom. The number of thioether (sulfide) groups is 1. The summed E-state index contributed by atoms with van der Waals surface area (Å²) in [5.41, 5.74) is 7.26. The molecule has 1 saturated heterocycles. The third-order valence-electron chi connectivity index (χ3n) is 4.21. The highest BCUT2D eigenvalue weighted by atomic mass is 32.2. The molecule has 7 nitrogen and oxygen atoms in total. The van der Waals surface area contributed by atoms with Crippen LogP contribution in [0.25, 0.3) is 0 Å². The molecule has 0 saturated carbocycles. The molecule has 1 aromatic heterocycles. The number of carbonyl (C=O) groups is 1. The van der Waals surface area contributed by atoms with E-state index in [0.717, 1.165) is 16.4 Å². The summed E-state index contributed by atoms with van der Waals surface area (Å²) in [5.74, 6) is 1.79. The fourth-order valence-electron chi connectivity index (χ4n) is 2.91. The first-order valence-electron chi connectivity index (χ1n) is 8.56. The second kappa shape index (κ2) is 8.37.